The Morgan fingerprint density at radius 1 is 1.67 bits per heavy atom. The Hall–Kier alpha value is -2.38. The highest BCUT2D eigenvalue weighted by Crippen LogP contribution is 2.06. The van der Waals surface area contributed by atoms with Crippen molar-refractivity contribution in [3.63, 3.8) is 0 Å². The highest BCUT2D eigenvalue weighted by Gasteiger charge is 2.10. The molecule has 0 aliphatic carbocycles. The standard InChI is InChI=1S/C7H7N5O3/c8-7-10-5-3(6(15)11-7)1-9-12(5)2-4(13)14/h1H,2H2,(H,13,14)(H3,8,10,11,15). The SMILES string of the molecule is Nc1nc2c(cnn2CC(=O)O)c(=O)[nH]1. The third kappa shape index (κ3) is 1.52. The smallest absolute Gasteiger partial charge is 0.325 e. The van der Waals surface area contributed by atoms with Gasteiger partial charge in [0.05, 0.1) is 6.20 Å². The van der Waals surface area contributed by atoms with Gasteiger partial charge in [0.2, 0.25) is 5.95 Å². The Bertz CT molecular complexity index is 584. The number of nitrogens with one attached hydrogen (secondary N) is 1. The van der Waals surface area contributed by atoms with Gasteiger partial charge in [-0.1, -0.05) is 0 Å². The first-order chi connectivity index (χ1) is 7.08. The first-order valence-electron chi connectivity index (χ1n) is 4.01. The number of hydrogen-bond acceptors (Lipinski definition) is 5. The monoisotopic (exact) mass is 209 g/mol. The van der Waals surface area contributed by atoms with Gasteiger partial charge in [-0.3, -0.25) is 14.6 Å². The average molecular weight is 209 g/mol. The van der Waals surface area contributed by atoms with E-state index in [2.05, 4.69) is 15.1 Å². The number of aromatic amines is 1. The Kier molecular flexibility index (Phi) is 1.89. The summed E-state index contributed by atoms with van der Waals surface area (Å²) >= 11 is 0. The lowest BCUT2D eigenvalue weighted by atomic mass is 10.4. The first-order valence-corrected chi connectivity index (χ1v) is 4.01. The summed E-state index contributed by atoms with van der Waals surface area (Å²) in [7, 11) is 0. The topological polar surface area (TPSA) is 127 Å². The predicted molar refractivity (Wildman–Crippen MR) is 50.2 cm³/mol. The molecule has 0 aliphatic rings. The minimum atomic E-state index is -1.07. The number of H-pyrrole nitrogens is 1. The van der Waals surface area contributed by atoms with Crippen LogP contribution in [0.1, 0.15) is 0 Å². The Morgan fingerprint density at radius 3 is 3.07 bits per heavy atom. The van der Waals surface area contributed by atoms with E-state index in [0.717, 1.165) is 4.68 Å². The molecule has 0 saturated heterocycles. The van der Waals surface area contributed by atoms with Gasteiger partial charge in [0, 0.05) is 0 Å². The molecular weight excluding hydrogens is 202 g/mol. The number of carboxylic acid groups (broad SMARTS) is 1. The number of hydrogen-bond donors (Lipinski definition) is 3. The van der Waals surface area contributed by atoms with Crippen molar-refractivity contribution in [3.8, 4) is 0 Å². The molecule has 8 heteroatoms. The third-order valence-electron chi connectivity index (χ3n) is 1.81. The summed E-state index contributed by atoms with van der Waals surface area (Å²) in [5, 5.41) is 12.5. The van der Waals surface area contributed by atoms with Crippen molar-refractivity contribution in [2.45, 2.75) is 6.54 Å². The number of rotatable bonds is 2. The van der Waals surface area contributed by atoms with Gasteiger partial charge in [0.15, 0.2) is 5.65 Å². The summed E-state index contributed by atoms with van der Waals surface area (Å²) in [6.45, 7) is -0.362. The second-order valence-electron chi connectivity index (χ2n) is 2.88. The summed E-state index contributed by atoms with van der Waals surface area (Å²) in [4.78, 5) is 27.9. The highest BCUT2D eigenvalue weighted by molar-refractivity contribution is 5.76. The quantitative estimate of drug-likeness (QED) is 0.569. The molecule has 15 heavy (non-hydrogen) atoms. The van der Waals surface area contributed by atoms with Crippen LogP contribution in [-0.4, -0.2) is 30.8 Å². The minimum absolute atomic E-state index is 0.0698. The molecule has 2 rings (SSSR count). The Balaban J connectivity index is 2.68. The van der Waals surface area contributed by atoms with Crippen molar-refractivity contribution in [2.75, 3.05) is 5.73 Å². The molecule has 0 aliphatic heterocycles. The lowest BCUT2D eigenvalue weighted by Crippen LogP contribution is -2.14. The summed E-state index contributed by atoms with van der Waals surface area (Å²) in [5.41, 5.74) is 5.06. The summed E-state index contributed by atoms with van der Waals surface area (Å²) < 4.78 is 1.10. The number of nitrogen functional groups attached to an aromatic ring is 1. The zero-order chi connectivity index (χ0) is 11.0. The minimum Gasteiger partial charge on any atom is -0.480 e. The van der Waals surface area contributed by atoms with Crippen LogP contribution >= 0.6 is 0 Å². The van der Waals surface area contributed by atoms with Crippen molar-refractivity contribution in [1.29, 1.82) is 0 Å². The van der Waals surface area contributed by atoms with E-state index in [-0.39, 0.29) is 23.5 Å². The van der Waals surface area contributed by atoms with Gasteiger partial charge in [-0.15, -0.1) is 0 Å². The molecule has 0 fully saturated rings. The zero-order valence-electron chi connectivity index (χ0n) is 7.47. The van der Waals surface area contributed by atoms with E-state index in [1.54, 1.807) is 0 Å². The Morgan fingerprint density at radius 2 is 2.40 bits per heavy atom. The second-order valence-corrected chi connectivity index (χ2v) is 2.88. The van der Waals surface area contributed by atoms with E-state index in [4.69, 9.17) is 10.8 Å². The molecule has 4 N–H and O–H groups in total. The summed E-state index contributed by atoms with van der Waals surface area (Å²) in [6.07, 6.45) is 1.25. The largest absolute Gasteiger partial charge is 0.480 e. The van der Waals surface area contributed by atoms with Gasteiger partial charge in [0.25, 0.3) is 5.56 Å². The Labute approximate surface area is 82.3 Å². The average Bonchev–Trinajstić information content (AvgIpc) is 2.48. The van der Waals surface area contributed by atoms with Crippen LogP contribution in [0.5, 0.6) is 0 Å². The fraction of sp³-hybridized carbons (Fsp3) is 0.143. The lowest BCUT2D eigenvalue weighted by Gasteiger charge is -1.98. The van der Waals surface area contributed by atoms with Gasteiger partial charge in [0.1, 0.15) is 11.9 Å². The number of carbonyl (C=O) groups is 1. The van der Waals surface area contributed by atoms with Crippen molar-refractivity contribution in [2.24, 2.45) is 0 Å². The molecule has 0 radical (unpaired) electrons. The first kappa shape index (κ1) is 9.19. The summed E-state index contributed by atoms with van der Waals surface area (Å²) in [6, 6.07) is 0. The van der Waals surface area contributed by atoms with Crippen molar-refractivity contribution in [1.82, 2.24) is 19.7 Å². The lowest BCUT2D eigenvalue weighted by molar-refractivity contribution is -0.137. The van der Waals surface area contributed by atoms with Gasteiger partial charge in [-0.05, 0) is 0 Å². The predicted octanol–water partition coefficient (Wildman–Crippen LogP) is -1.21. The maximum atomic E-state index is 11.3. The van der Waals surface area contributed by atoms with Crippen LogP contribution in [0.15, 0.2) is 11.0 Å². The molecule has 0 spiro atoms. The van der Waals surface area contributed by atoms with Crippen LogP contribution in [0.25, 0.3) is 11.0 Å². The third-order valence-corrected chi connectivity index (χ3v) is 1.81. The number of aromatic nitrogens is 4. The maximum absolute atomic E-state index is 11.3. The number of fused-ring (bicyclic) bond motifs is 1. The number of nitrogens with two attached hydrogens (primary N) is 1. The summed E-state index contributed by atoms with van der Waals surface area (Å²) in [5.74, 6) is -1.14. The van der Waals surface area contributed by atoms with Crippen LogP contribution < -0.4 is 11.3 Å². The molecule has 2 aromatic heterocycles. The van der Waals surface area contributed by atoms with Gasteiger partial charge >= 0.3 is 5.97 Å². The van der Waals surface area contributed by atoms with Gasteiger partial charge < -0.3 is 10.8 Å². The second kappa shape index (κ2) is 3.08. The van der Waals surface area contributed by atoms with E-state index in [1.165, 1.54) is 6.20 Å². The number of nitrogens with zero attached hydrogens (tertiary/aromatic N) is 3. The van der Waals surface area contributed by atoms with Crippen LogP contribution in [0.4, 0.5) is 5.95 Å². The highest BCUT2D eigenvalue weighted by atomic mass is 16.4. The molecule has 0 amide bonds. The molecule has 0 saturated carbocycles. The van der Waals surface area contributed by atoms with E-state index < -0.39 is 11.5 Å². The normalized spacial score (nSPS) is 10.7. The number of aliphatic carboxylic acids is 1. The fourth-order valence-corrected chi connectivity index (χ4v) is 1.23. The van der Waals surface area contributed by atoms with E-state index in [9.17, 15) is 9.59 Å². The molecule has 2 aromatic rings. The van der Waals surface area contributed by atoms with Gasteiger partial charge in [-0.25, -0.2) is 4.68 Å². The number of carboxylic acids is 1. The number of anilines is 1. The van der Waals surface area contributed by atoms with Crippen LogP contribution in [0.3, 0.4) is 0 Å². The molecule has 0 unspecified atom stereocenters. The van der Waals surface area contributed by atoms with Crippen LogP contribution in [-0.2, 0) is 11.3 Å². The molecule has 0 atom stereocenters. The van der Waals surface area contributed by atoms with E-state index in [0.29, 0.717) is 0 Å². The molecular formula is C7H7N5O3. The van der Waals surface area contributed by atoms with E-state index in [1.807, 2.05) is 0 Å². The van der Waals surface area contributed by atoms with Crippen molar-refractivity contribution in [3.05, 3.63) is 16.6 Å². The van der Waals surface area contributed by atoms with Crippen LogP contribution in [0, 0.1) is 0 Å². The fourth-order valence-electron chi connectivity index (χ4n) is 1.23. The maximum Gasteiger partial charge on any atom is 0.325 e. The molecule has 78 valence electrons. The van der Waals surface area contributed by atoms with Gasteiger partial charge in [-0.2, -0.15) is 10.1 Å². The molecule has 8 nitrogen and oxygen atoms in total. The molecule has 0 bridgehead atoms. The molecule has 0 aromatic carbocycles. The van der Waals surface area contributed by atoms with Crippen molar-refractivity contribution < 1.29 is 9.90 Å². The zero-order valence-corrected chi connectivity index (χ0v) is 7.47. The van der Waals surface area contributed by atoms with Crippen LogP contribution in [0.2, 0.25) is 0 Å². The van der Waals surface area contributed by atoms with Crippen molar-refractivity contribution >= 4 is 23.0 Å². The van der Waals surface area contributed by atoms with E-state index >= 15 is 0 Å². The molecule has 2 heterocycles.